The molecule has 1 aliphatic carbocycles. The fourth-order valence-electron chi connectivity index (χ4n) is 4.00. The number of furan rings is 1. The van der Waals surface area contributed by atoms with E-state index in [0.29, 0.717) is 41.2 Å². The van der Waals surface area contributed by atoms with Gasteiger partial charge in [-0.2, -0.15) is 0 Å². The number of carbonyl (C=O) groups is 2. The van der Waals surface area contributed by atoms with Gasteiger partial charge in [-0.25, -0.2) is 4.98 Å². The minimum atomic E-state index is -0.316. The fraction of sp³-hybridized carbons (Fsp3) is 0.333. The second-order valence-corrected chi connectivity index (χ2v) is 10.2. The Balaban J connectivity index is 1.32. The van der Waals surface area contributed by atoms with Crippen LogP contribution in [0.25, 0.3) is 11.1 Å². The molecule has 1 aliphatic rings. The molecule has 2 N–H and O–H groups in total. The fourth-order valence-corrected chi connectivity index (χ4v) is 4.00. The summed E-state index contributed by atoms with van der Waals surface area (Å²) in [4.78, 5) is 30.1. The van der Waals surface area contributed by atoms with Crippen LogP contribution >= 0.6 is 0 Å². The average Bonchev–Trinajstić information content (AvgIpc) is 3.37. The second kappa shape index (κ2) is 9.02. The largest absolute Gasteiger partial charge is 0.459 e. The van der Waals surface area contributed by atoms with E-state index in [0.717, 1.165) is 29.8 Å². The Morgan fingerprint density at radius 1 is 1.09 bits per heavy atom. The zero-order valence-electron chi connectivity index (χ0n) is 20.1. The van der Waals surface area contributed by atoms with E-state index in [-0.39, 0.29) is 23.0 Å². The normalized spacial score (nSPS) is 13.7. The lowest BCUT2D eigenvalue weighted by molar-refractivity contribution is 0.0951. The highest BCUT2D eigenvalue weighted by atomic mass is 16.5. The van der Waals surface area contributed by atoms with Gasteiger partial charge in [0.25, 0.3) is 17.5 Å². The smallest absolute Gasteiger partial charge is 0.291 e. The van der Waals surface area contributed by atoms with Crippen LogP contribution < -0.4 is 10.6 Å². The van der Waals surface area contributed by atoms with Crippen molar-refractivity contribution in [3.8, 4) is 0 Å². The van der Waals surface area contributed by atoms with Gasteiger partial charge in [0, 0.05) is 23.8 Å². The molecular formula is C27H28N4O4. The Morgan fingerprint density at radius 3 is 2.51 bits per heavy atom. The Kier molecular flexibility index (Phi) is 5.88. The highest BCUT2D eigenvalue weighted by Crippen LogP contribution is 2.41. The third-order valence-electron chi connectivity index (χ3n) is 5.88. The zero-order chi connectivity index (χ0) is 24.6. The highest BCUT2D eigenvalue weighted by molar-refractivity contribution is 6.06. The molecule has 0 bridgehead atoms. The molecule has 1 aromatic carbocycles. The van der Waals surface area contributed by atoms with Gasteiger partial charge in [0.2, 0.25) is 0 Å². The molecule has 0 atom stereocenters. The summed E-state index contributed by atoms with van der Waals surface area (Å²) in [7, 11) is 0. The molecule has 5 rings (SSSR count). The van der Waals surface area contributed by atoms with E-state index in [9.17, 15) is 9.59 Å². The number of fused-ring (bicyclic) bond motifs is 1. The molecule has 0 saturated heterocycles. The van der Waals surface area contributed by atoms with E-state index >= 15 is 0 Å². The van der Waals surface area contributed by atoms with Gasteiger partial charge in [-0.05, 0) is 60.6 Å². The highest BCUT2D eigenvalue weighted by Gasteiger charge is 2.30. The summed E-state index contributed by atoms with van der Waals surface area (Å²) in [6.45, 7) is 6.72. The van der Waals surface area contributed by atoms with Crippen molar-refractivity contribution in [1.82, 2.24) is 15.5 Å². The molecule has 3 heterocycles. The van der Waals surface area contributed by atoms with Gasteiger partial charge in [-0.15, -0.1) is 0 Å². The van der Waals surface area contributed by atoms with Crippen LogP contribution in [0, 0.1) is 5.41 Å². The van der Waals surface area contributed by atoms with Gasteiger partial charge in [0.15, 0.2) is 5.76 Å². The Labute approximate surface area is 203 Å². The third-order valence-corrected chi connectivity index (χ3v) is 5.88. The molecule has 0 aliphatic heterocycles. The molecule has 2 amide bonds. The number of amides is 2. The SMILES string of the molecule is CC(C)(C)Cc1noc2nc(C3CC3)cc(C(=O)NCc3ccc(NC(=O)c4ccco4)cc3)c12. The quantitative estimate of drug-likeness (QED) is 0.369. The van der Waals surface area contributed by atoms with Gasteiger partial charge < -0.3 is 19.6 Å². The number of hydrogen-bond acceptors (Lipinski definition) is 6. The molecule has 0 unspecified atom stereocenters. The van der Waals surface area contributed by atoms with Crippen molar-refractivity contribution in [1.29, 1.82) is 0 Å². The monoisotopic (exact) mass is 472 g/mol. The summed E-state index contributed by atoms with van der Waals surface area (Å²) in [6, 6.07) is 12.5. The number of anilines is 1. The summed E-state index contributed by atoms with van der Waals surface area (Å²) < 4.78 is 10.7. The van der Waals surface area contributed by atoms with Crippen molar-refractivity contribution < 1.29 is 18.5 Å². The summed E-state index contributed by atoms with van der Waals surface area (Å²) in [6.07, 6.45) is 4.28. The van der Waals surface area contributed by atoms with Gasteiger partial charge in [0.05, 0.1) is 22.9 Å². The Hall–Kier alpha value is -3.94. The van der Waals surface area contributed by atoms with E-state index in [4.69, 9.17) is 8.94 Å². The summed E-state index contributed by atoms with van der Waals surface area (Å²) >= 11 is 0. The van der Waals surface area contributed by atoms with Crippen LogP contribution in [-0.4, -0.2) is 22.0 Å². The molecule has 4 aromatic rings. The van der Waals surface area contributed by atoms with Crippen LogP contribution in [0.5, 0.6) is 0 Å². The first-order chi connectivity index (χ1) is 16.8. The maximum Gasteiger partial charge on any atom is 0.291 e. The molecule has 1 fully saturated rings. The average molecular weight is 473 g/mol. The van der Waals surface area contributed by atoms with Gasteiger partial charge in [-0.3, -0.25) is 9.59 Å². The third kappa shape index (κ3) is 5.26. The molecular weight excluding hydrogens is 444 g/mol. The molecule has 0 radical (unpaired) electrons. The van der Waals surface area contributed by atoms with Crippen LogP contribution in [0.2, 0.25) is 0 Å². The predicted octanol–water partition coefficient (Wildman–Crippen LogP) is 5.46. The van der Waals surface area contributed by atoms with Crippen LogP contribution in [-0.2, 0) is 13.0 Å². The standard InChI is InChI=1S/C27H28N4O4/c1-27(2,3)14-21-23-19(13-20(17-8-9-17)30-26(23)35-31-21)24(32)28-15-16-6-10-18(11-7-16)29-25(33)22-5-4-12-34-22/h4-7,10-13,17H,8-9,14-15H2,1-3H3,(H,28,32)(H,29,33). The van der Waals surface area contributed by atoms with Gasteiger partial charge in [-0.1, -0.05) is 38.1 Å². The van der Waals surface area contributed by atoms with Crippen molar-refractivity contribution in [2.45, 2.75) is 52.5 Å². The van der Waals surface area contributed by atoms with Crippen LogP contribution in [0.3, 0.4) is 0 Å². The summed E-state index contributed by atoms with van der Waals surface area (Å²) in [5, 5.41) is 10.7. The topological polar surface area (TPSA) is 110 Å². The lowest BCUT2D eigenvalue weighted by Gasteiger charge is -2.16. The number of hydrogen-bond donors (Lipinski definition) is 2. The molecule has 8 heteroatoms. The Morgan fingerprint density at radius 2 is 1.86 bits per heavy atom. The lowest BCUT2D eigenvalue weighted by Crippen LogP contribution is -2.23. The van der Waals surface area contributed by atoms with Crippen molar-refractivity contribution in [2.75, 3.05) is 5.32 Å². The van der Waals surface area contributed by atoms with Crippen LogP contribution in [0.4, 0.5) is 5.69 Å². The number of nitrogens with one attached hydrogen (secondary N) is 2. The maximum atomic E-state index is 13.3. The van der Waals surface area contributed by atoms with Crippen molar-refractivity contribution >= 4 is 28.6 Å². The first-order valence-corrected chi connectivity index (χ1v) is 11.8. The molecule has 180 valence electrons. The minimum Gasteiger partial charge on any atom is -0.459 e. The Bertz CT molecular complexity index is 1360. The first-order valence-electron chi connectivity index (χ1n) is 11.8. The van der Waals surface area contributed by atoms with Gasteiger partial charge >= 0.3 is 0 Å². The number of rotatable bonds is 7. The number of benzene rings is 1. The minimum absolute atomic E-state index is 0.0131. The summed E-state index contributed by atoms with van der Waals surface area (Å²) in [5.74, 6) is 0.123. The number of nitrogens with zero attached hydrogens (tertiary/aromatic N) is 2. The molecule has 35 heavy (non-hydrogen) atoms. The van der Waals surface area contributed by atoms with E-state index in [1.165, 1.54) is 6.26 Å². The number of pyridine rings is 1. The van der Waals surface area contributed by atoms with Crippen molar-refractivity contribution in [3.05, 3.63) is 77.0 Å². The van der Waals surface area contributed by atoms with Crippen molar-refractivity contribution in [3.63, 3.8) is 0 Å². The van der Waals surface area contributed by atoms with Crippen LogP contribution in [0.15, 0.2) is 57.7 Å². The van der Waals surface area contributed by atoms with Crippen molar-refractivity contribution in [2.24, 2.45) is 5.41 Å². The zero-order valence-corrected chi connectivity index (χ0v) is 20.1. The van der Waals surface area contributed by atoms with Gasteiger partial charge in [0.1, 0.15) is 0 Å². The predicted molar refractivity (Wildman–Crippen MR) is 131 cm³/mol. The van der Waals surface area contributed by atoms with E-state index < -0.39 is 0 Å². The van der Waals surface area contributed by atoms with E-state index in [1.54, 1.807) is 24.3 Å². The molecule has 8 nitrogen and oxygen atoms in total. The first kappa shape index (κ1) is 22.8. The second-order valence-electron chi connectivity index (χ2n) is 10.2. The van der Waals surface area contributed by atoms with Crippen LogP contribution in [0.1, 0.15) is 77.4 Å². The molecule has 3 aromatic heterocycles. The number of aromatic nitrogens is 2. The number of carbonyl (C=O) groups excluding carboxylic acids is 2. The molecule has 1 saturated carbocycles. The molecule has 0 spiro atoms. The van der Waals surface area contributed by atoms with E-state index in [1.807, 2.05) is 18.2 Å². The van der Waals surface area contributed by atoms with E-state index in [2.05, 4.69) is 41.5 Å². The summed E-state index contributed by atoms with van der Waals surface area (Å²) in [5.41, 5.74) is 4.16. The lowest BCUT2D eigenvalue weighted by atomic mass is 9.89. The maximum absolute atomic E-state index is 13.3.